The largest absolute Gasteiger partial charge is 0.103 e. The highest BCUT2D eigenvalue weighted by Gasteiger charge is 1.63. The molecular weight excluding hydrogens is 256 g/mol. The molecule has 0 heterocycles. The van der Waals surface area contributed by atoms with Crippen LogP contribution in [-0.4, -0.2) is 5.33 Å². The summed E-state index contributed by atoms with van der Waals surface area (Å²) in [5.41, 5.74) is 0. The Morgan fingerprint density at radius 2 is 2.10 bits per heavy atom. The third-order valence-electron chi connectivity index (χ3n) is 0.638. The van der Waals surface area contributed by atoms with Crippen LogP contribution >= 0.6 is 31.9 Å². The van der Waals surface area contributed by atoms with Crippen molar-refractivity contribution in [2.45, 2.75) is 19.8 Å². The van der Waals surface area contributed by atoms with Crippen molar-refractivity contribution in [2.24, 2.45) is 0 Å². The molecule has 0 nitrogen and oxygen atoms in total. The molecule has 0 fully saturated rings. The van der Waals surface area contributed by atoms with Crippen molar-refractivity contribution in [1.82, 2.24) is 0 Å². The van der Waals surface area contributed by atoms with Gasteiger partial charge in [0.2, 0.25) is 0 Å². The van der Waals surface area contributed by atoms with Crippen molar-refractivity contribution >= 4 is 31.9 Å². The minimum absolute atomic E-state index is 1.04. The lowest BCUT2D eigenvalue weighted by Gasteiger charge is -1.71. The minimum Gasteiger partial charge on any atom is -0.103 e. The van der Waals surface area contributed by atoms with Crippen LogP contribution in [0, 0.1) is 0 Å². The molecule has 0 aliphatic rings. The number of hydrogen-bond donors (Lipinski definition) is 0. The van der Waals surface area contributed by atoms with E-state index in [1.54, 1.807) is 0 Å². The number of rotatable bonds is 3. The molecule has 0 rings (SSSR count). The van der Waals surface area contributed by atoms with E-state index in [9.17, 15) is 0 Å². The van der Waals surface area contributed by atoms with Gasteiger partial charge in [-0.25, -0.2) is 0 Å². The van der Waals surface area contributed by atoms with Gasteiger partial charge in [0.1, 0.15) is 0 Å². The van der Waals surface area contributed by atoms with Crippen LogP contribution in [0.1, 0.15) is 19.8 Å². The SMILES string of the molecule is C=CCCBr.CCC=CBr. The maximum atomic E-state index is 3.52. The molecule has 0 saturated carbocycles. The fraction of sp³-hybridized carbons (Fsp3) is 0.500. The Bertz CT molecular complexity index is 77.3. The summed E-state index contributed by atoms with van der Waals surface area (Å²) in [4.78, 5) is 1.87. The van der Waals surface area contributed by atoms with Crippen molar-refractivity contribution in [3.63, 3.8) is 0 Å². The molecule has 2 heteroatoms. The molecule has 0 aliphatic carbocycles. The average Bonchev–Trinajstić information content (AvgIpc) is 1.93. The molecule has 0 atom stereocenters. The second-order valence-corrected chi connectivity index (χ2v) is 2.86. The molecule has 0 unspecified atom stereocenters. The van der Waals surface area contributed by atoms with Gasteiger partial charge in [-0.2, -0.15) is 0 Å². The van der Waals surface area contributed by atoms with Gasteiger partial charge >= 0.3 is 0 Å². The van der Waals surface area contributed by atoms with E-state index >= 15 is 0 Å². The molecule has 10 heavy (non-hydrogen) atoms. The van der Waals surface area contributed by atoms with Gasteiger partial charge in [0.05, 0.1) is 0 Å². The topological polar surface area (TPSA) is 0 Å². The zero-order valence-electron chi connectivity index (χ0n) is 6.32. The fourth-order valence-corrected chi connectivity index (χ4v) is 0.864. The Hall–Kier alpha value is 0.440. The molecule has 0 saturated heterocycles. The third-order valence-corrected chi connectivity index (χ3v) is 1.47. The van der Waals surface area contributed by atoms with E-state index in [2.05, 4.69) is 45.4 Å². The fourth-order valence-electron chi connectivity index (χ4n) is 0.166. The van der Waals surface area contributed by atoms with Gasteiger partial charge in [-0.05, 0) is 17.8 Å². The van der Waals surface area contributed by atoms with Crippen LogP contribution in [0.5, 0.6) is 0 Å². The first-order valence-electron chi connectivity index (χ1n) is 3.25. The Morgan fingerprint density at radius 3 is 2.10 bits per heavy atom. The number of allylic oxidation sites excluding steroid dienone is 2. The number of halogens is 2. The second kappa shape index (κ2) is 16.2. The highest BCUT2D eigenvalue weighted by Crippen LogP contribution is 1.84. The zero-order chi connectivity index (χ0) is 8.24. The quantitative estimate of drug-likeness (QED) is 0.531. The first-order valence-corrected chi connectivity index (χ1v) is 5.29. The van der Waals surface area contributed by atoms with Gasteiger partial charge in [0.25, 0.3) is 0 Å². The van der Waals surface area contributed by atoms with Crippen molar-refractivity contribution in [3.8, 4) is 0 Å². The lowest BCUT2D eigenvalue weighted by atomic mass is 10.5. The van der Waals surface area contributed by atoms with Crippen LogP contribution in [0.25, 0.3) is 0 Å². The maximum Gasteiger partial charge on any atom is 0.00658 e. The van der Waals surface area contributed by atoms with E-state index in [0.717, 1.165) is 18.2 Å². The molecule has 0 radical (unpaired) electrons. The van der Waals surface area contributed by atoms with Crippen LogP contribution < -0.4 is 0 Å². The van der Waals surface area contributed by atoms with Gasteiger partial charge in [-0.1, -0.05) is 50.9 Å². The minimum atomic E-state index is 1.04. The average molecular weight is 270 g/mol. The first kappa shape index (κ1) is 13.1. The van der Waals surface area contributed by atoms with Crippen molar-refractivity contribution in [3.05, 3.63) is 23.7 Å². The maximum absolute atomic E-state index is 3.52. The predicted octanol–water partition coefficient (Wildman–Crippen LogP) is 4.26. The molecule has 60 valence electrons. The molecular formula is C8H14Br2. The highest BCUT2D eigenvalue weighted by atomic mass is 79.9. The first-order chi connectivity index (χ1) is 4.83. The van der Waals surface area contributed by atoms with Crippen molar-refractivity contribution in [2.75, 3.05) is 5.33 Å². The van der Waals surface area contributed by atoms with Crippen LogP contribution in [0.15, 0.2) is 23.7 Å². The van der Waals surface area contributed by atoms with Crippen molar-refractivity contribution < 1.29 is 0 Å². The molecule has 0 aromatic rings. The Labute approximate surface area is 80.7 Å². The monoisotopic (exact) mass is 268 g/mol. The van der Waals surface area contributed by atoms with Gasteiger partial charge in [0.15, 0.2) is 0 Å². The summed E-state index contributed by atoms with van der Waals surface area (Å²) in [6.07, 6.45) is 6.11. The summed E-state index contributed by atoms with van der Waals surface area (Å²) in [6.45, 7) is 5.62. The van der Waals surface area contributed by atoms with Gasteiger partial charge in [-0.15, -0.1) is 6.58 Å². The third kappa shape index (κ3) is 23.7. The summed E-state index contributed by atoms with van der Waals surface area (Å²) >= 11 is 6.37. The smallest absolute Gasteiger partial charge is 0.00658 e. The summed E-state index contributed by atoms with van der Waals surface area (Å²) in [5, 5.41) is 1.04. The van der Waals surface area contributed by atoms with Gasteiger partial charge < -0.3 is 0 Å². The van der Waals surface area contributed by atoms with Crippen molar-refractivity contribution in [1.29, 1.82) is 0 Å². The molecule has 0 bridgehead atoms. The van der Waals surface area contributed by atoms with E-state index in [1.165, 1.54) is 0 Å². The molecule has 0 aromatic carbocycles. The second-order valence-electron chi connectivity index (χ2n) is 1.54. The van der Waals surface area contributed by atoms with E-state index in [-0.39, 0.29) is 0 Å². The Balaban J connectivity index is 0. The molecule has 0 N–H and O–H groups in total. The molecule has 0 aliphatic heterocycles. The van der Waals surface area contributed by atoms with E-state index in [0.29, 0.717) is 0 Å². The van der Waals surface area contributed by atoms with Gasteiger partial charge in [0, 0.05) is 5.33 Å². The van der Waals surface area contributed by atoms with Crippen LogP contribution in [0.4, 0.5) is 0 Å². The lowest BCUT2D eigenvalue weighted by molar-refractivity contribution is 1.23. The van der Waals surface area contributed by atoms with E-state index in [1.807, 2.05) is 17.1 Å². The van der Waals surface area contributed by atoms with Gasteiger partial charge in [-0.3, -0.25) is 0 Å². The zero-order valence-corrected chi connectivity index (χ0v) is 9.49. The summed E-state index contributed by atoms with van der Waals surface area (Å²) in [7, 11) is 0. The molecule has 0 aromatic heterocycles. The lowest BCUT2D eigenvalue weighted by Crippen LogP contribution is -1.58. The predicted molar refractivity (Wildman–Crippen MR) is 57.0 cm³/mol. The standard InChI is InChI=1S/2C4H7Br/c2*1-2-3-4-5/h3-4H,2H2,1H3;2H,1,3-4H2. The molecule has 0 amide bonds. The van der Waals surface area contributed by atoms with Crippen LogP contribution in [0.2, 0.25) is 0 Å². The summed E-state index contributed by atoms with van der Waals surface area (Å²) in [6, 6.07) is 0. The highest BCUT2D eigenvalue weighted by molar-refractivity contribution is 9.11. The van der Waals surface area contributed by atoms with Crippen LogP contribution in [-0.2, 0) is 0 Å². The number of hydrogen-bond acceptors (Lipinski definition) is 0. The van der Waals surface area contributed by atoms with Crippen LogP contribution in [0.3, 0.4) is 0 Å². The summed E-state index contributed by atoms with van der Waals surface area (Å²) in [5.74, 6) is 0. The molecule has 0 spiro atoms. The van der Waals surface area contributed by atoms with E-state index < -0.39 is 0 Å². The Kier molecular flexibility index (Phi) is 21.2. The number of alkyl halides is 1. The van der Waals surface area contributed by atoms with E-state index in [4.69, 9.17) is 0 Å². The Morgan fingerprint density at radius 1 is 1.50 bits per heavy atom. The normalized spacial score (nSPS) is 8.70. The summed E-state index contributed by atoms with van der Waals surface area (Å²) < 4.78 is 0.